The molecule has 188 valence electrons. The van der Waals surface area contributed by atoms with Crippen LogP contribution in [0.3, 0.4) is 0 Å². The number of rotatable bonds is 6. The van der Waals surface area contributed by atoms with E-state index in [0.717, 1.165) is 54.8 Å². The van der Waals surface area contributed by atoms with Crippen LogP contribution in [-0.4, -0.2) is 31.1 Å². The van der Waals surface area contributed by atoms with Crippen molar-refractivity contribution in [3.05, 3.63) is 0 Å². The molecule has 5 fully saturated rings. The zero-order valence-corrected chi connectivity index (χ0v) is 21.8. The van der Waals surface area contributed by atoms with Gasteiger partial charge in [0.1, 0.15) is 12.7 Å². The maximum absolute atomic E-state index is 13.3. The van der Waals surface area contributed by atoms with Gasteiger partial charge in [-0.3, -0.25) is 4.79 Å². The smallest absolute Gasteiger partial charge is 0.309 e. The van der Waals surface area contributed by atoms with Crippen molar-refractivity contribution in [2.45, 2.75) is 111 Å². The van der Waals surface area contributed by atoms with Crippen LogP contribution in [0.4, 0.5) is 0 Å². The molecule has 0 aromatic heterocycles. The van der Waals surface area contributed by atoms with Gasteiger partial charge in [-0.05, 0) is 91.8 Å². The summed E-state index contributed by atoms with van der Waals surface area (Å²) in [5, 5.41) is 0. The van der Waals surface area contributed by atoms with Gasteiger partial charge in [-0.1, -0.05) is 41.0 Å². The molecule has 8 atom stereocenters. The highest BCUT2D eigenvalue weighted by Gasteiger charge is 2.62. The van der Waals surface area contributed by atoms with E-state index in [1.54, 1.807) is 0 Å². The number of hydrogen-bond donors (Lipinski definition) is 0. The lowest BCUT2D eigenvalue weighted by Gasteiger charge is -2.37. The van der Waals surface area contributed by atoms with E-state index in [0.29, 0.717) is 24.5 Å². The predicted molar refractivity (Wildman–Crippen MR) is 129 cm³/mol. The van der Waals surface area contributed by atoms with Crippen LogP contribution in [0.25, 0.3) is 0 Å². The minimum Gasteiger partial charge on any atom is -0.463 e. The maximum atomic E-state index is 13.3. The van der Waals surface area contributed by atoms with Gasteiger partial charge < -0.3 is 14.2 Å². The molecular formula is C29H48O4. The fourth-order valence-electron chi connectivity index (χ4n) is 8.99. The van der Waals surface area contributed by atoms with Crippen molar-refractivity contribution in [3.63, 3.8) is 0 Å². The van der Waals surface area contributed by atoms with E-state index in [1.165, 1.54) is 44.9 Å². The first-order chi connectivity index (χ1) is 15.6. The Balaban J connectivity index is 1.20. The average molecular weight is 461 g/mol. The normalized spacial score (nSPS) is 41.8. The molecule has 0 amide bonds. The van der Waals surface area contributed by atoms with E-state index >= 15 is 0 Å². The second-order valence-electron chi connectivity index (χ2n) is 14.0. The van der Waals surface area contributed by atoms with Gasteiger partial charge in [-0.25, -0.2) is 0 Å². The molecule has 4 nitrogen and oxygen atoms in total. The summed E-state index contributed by atoms with van der Waals surface area (Å²) in [4.78, 5) is 13.3. The number of carbonyl (C=O) groups excluding carboxylic acids is 1. The molecule has 5 rings (SSSR count). The van der Waals surface area contributed by atoms with Crippen LogP contribution in [0.5, 0.6) is 0 Å². The van der Waals surface area contributed by atoms with Gasteiger partial charge in [0, 0.05) is 12.8 Å². The van der Waals surface area contributed by atoms with Crippen molar-refractivity contribution < 1.29 is 19.0 Å². The summed E-state index contributed by atoms with van der Waals surface area (Å²) < 4.78 is 18.2. The van der Waals surface area contributed by atoms with Gasteiger partial charge in [-0.15, -0.1) is 0 Å². The van der Waals surface area contributed by atoms with Crippen molar-refractivity contribution in [1.29, 1.82) is 0 Å². The summed E-state index contributed by atoms with van der Waals surface area (Å²) in [6.45, 7) is 12.9. The topological polar surface area (TPSA) is 44.8 Å². The van der Waals surface area contributed by atoms with Crippen LogP contribution >= 0.6 is 0 Å². The molecule has 1 saturated heterocycles. The van der Waals surface area contributed by atoms with Crippen molar-refractivity contribution in [3.8, 4) is 0 Å². The third-order valence-electron chi connectivity index (χ3n) is 9.72. The summed E-state index contributed by atoms with van der Waals surface area (Å²) in [6.07, 6.45) is 11.9. The fraction of sp³-hybridized carbons (Fsp3) is 0.966. The molecule has 4 saturated carbocycles. The Labute approximate surface area is 201 Å². The van der Waals surface area contributed by atoms with Crippen molar-refractivity contribution in [2.24, 2.45) is 52.8 Å². The van der Waals surface area contributed by atoms with Crippen LogP contribution in [0.1, 0.15) is 98.8 Å². The zero-order valence-electron chi connectivity index (χ0n) is 21.8. The first kappa shape index (κ1) is 24.1. The maximum Gasteiger partial charge on any atom is 0.309 e. The summed E-state index contributed by atoms with van der Waals surface area (Å²) in [7, 11) is 0. The fourth-order valence-corrected chi connectivity index (χ4v) is 8.99. The molecule has 8 unspecified atom stereocenters. The lowest BCUT2D eigenvalue weighted by Crippen LogP contribution is -2.37. The van der Waals surface area contributed by atoms with Crippen LogP contribution in [0.15, 0.2) is 0 Å². The molecule has 0 N–H and O–H groups in total. The molecule has 0 aromatic carbocycles. The quantitative estimate of drug-likeness (QED) is 0.418. The molecule has 5 aliphatic rings. The minimum absolute atomic E-state index is 0.0518. The van der Waals surface area contributed by atoms with E-state index in [9.17, 15) is 4.79 Å². The molecule has 0 radical (unpaired) electrons. The van der Waals surface area contributed by atoms with E-state index in [4.69, 9.17) is 14.2 Å². The van der Waals surface area contributed by atoms with Crippen molar-refractivity contribution in [2.75, 3.05) is 13.2 Å². The molecule has 0 aromatic rings. The van der Waals surface area contributed by atoms with Crippen LogP contribution in [-0.2, 0) is 19.0 Å². The number of hydrogen-bond acceptors (Lipinski definition) is 4. The Morgan fingerprint density at radius 1 is 1.03 bits per heavy atom. The Morgan fingerprint density at radius 2 is 1.79 bits per heavy atom. The molecule has 1 aliphatic heterocycles. The highest BCUT2D eigenvalue weighted by molar-refractivity contribution is 5.73. The monoisotopic (exact) mass is 460 g/mol. The van der Waals surface area contributed by atoms with Crippen molar-refractivity contribution in [1.82, 2.24) is 0 Å². The largest absolute Gasteiger partial charge is 0.463 e. The molecule has 4 heteroatoms. The number of esters is 1. The average Bonchev–Trinajstić information content (AvgIpc) is 3.48. The van der Waals surface area contributed by atoms with Crippen LogP contribution < -0.4 is 0 Å². The van der Waals surface area contributed by atoms with Crippen LogP contribution in [0, 0.1) is 52.8 Å². The van der Waals surface area contributed by atoms with Gasteiger partial charge >= 0.3 is 5.97 Å². The number of carbonyl (C=O) groups is 1. The SMILES string of the molecule is CC(C)CC1CC(CC(C)(C)C)C2C3CC(CC3C(=O)OCC3COC4(CCCCC4)O3)C12. The molecule has 1 heterocycles. The second kappa shape index (κ2) is 9.12. The Kier molecular flexibility index (Phi) is 6.66. The van der Waals surface area contributed by atoms with Gasteiger partial charge in [0.05, 0.1) is 12.5 Å². The number of ether oxygens (including phenoxy) is 3. The third kappa shape index (κ3) is 4.90. The van der Waals surface area contributed by atoms with E-state index < -0.39 is 0 Å². The first-order valence-electron chi connectivity index (χ1n) is 14.1. The lowest BCUT2D eigenvalue weighted by atomic mass is 9.68. The van der Waals surface area contributed by atoms with E-state index in [2.05, 4.69) is 34.6 Å². The molecule has 33 heavy (non-hydrogen) atoms. The van der Waals surface area contributed by atoms with E-state index in [1.807, 2.05) is 0 Å². The Bertz CT molecular complexity index is 703. The summed E-state index contributed by atoms with van der Waals surface area (Å²) >= 11 is 0. The third-order valence-corrected chi connectivity index (χ3v) is 9.72. The molecular weight excluding hydrogens is 412 g/mol. The highest BCUT2D eigenvalue weighted by Crippen LogP contribution is 2.66. The standard InChI is InChI=1S/C29H48O4/c1-18(2)11-19-12-21(15-28(3,4)5)26-23-13-20(25(19)26)14-24(23)27(30)31-16-22-17-32-29(33-22)9-7-6-8-10-29/h18-26H,6-17H2,1-5H3. The first-order valence-corrected chi connectivity index (χ1v) is 14.1. The second-order valence-corrected chi connectivity index (χ2v) is 14.0. The number of fused-ring (bicyclic) bond motifs is 5. The zero-order chi connectivity index (χ0) is 23.4. The van der Waals surface area contributed by atoms with Gasteiger partial charge in [-0.2, -0.15) is 0 Å². The summed E-state index contributed by atoms with van der Waals surface area (Å²) in [6, 6.07) is 0. The molecule has 2 bridgehead atoms. The Morgan fingerprint density at radius 3 is 2.48 bits per heavy atom. The highest BCUT2D eigenvalue weighted by atomic mass is 16.8. The summed E-state index contributed by atoms with van der Waals surface area (Å²) in [5.74, 6) is 5.07. The summed E-state index contributed by atoms with van der Waals surface area (Å²) in [5.41, 5.74) is 0.356. The molecule has 4 aliphatic carbocycles. The van der Waals surface area contributed by atoms with Gasteiger partial charge in [0.25, 0.3) is 0 Å². The predicted octanol–water partition coefficient (Wildman–Crippen LogP) is 6.61. The van der Waals surface area contributed by atoms with Crippen molar-refractivity contribution >= 4 is 5.97 Å². The van der Waals surface area contributed by atoms with E-state index in [-0.39, 0.29) is 23.8 Å². The van der Waals surface area contributed by atoms with Gasteiger partial charge in [0.2, 0.25) is 0 Å². The Hall–Kier alpha value is -0.610. The molecule has 1 spiro atoms. The minimum atomic E-state index is -0.385. The van der Waals surface area contributed by atoms with Gasteiger partial charge in [0.15, 0.2) is 5.79 Å². The van der Waals surface area contributed by atoms with Crippen LogP contribution in [0.2, 0.25) is 0 Å². The lowest BCUT2D eigenvalue weighted by molar-refractivity contribution is -0.193.